The molecule has 5 atom stereocenters. The third-order valence-corrected chi connectivity index (χ3v) is 11.9. The number of fused-ring (bicyclic) bond motifs is 1. The molecule has 1 aliphatic heterocycles. The van der Waals surface area contributed by atoms with Crippen molar-refractivity contribution in [2.24, 2.45) is 0 Å². The van der Waals surface area contributed by atoms with E-state index in [4.69, 9.17) is 23.7 Å². The van der Waals surface area contributed by atoms with E-state index in [0.29, 0.717) is 17.8 Å². The van der Waals surface area contributed by atoms with Crippen molar-refractivity contribution in [3.63, 3.8) is 0 Å². The van der Waals surface area contributed by atoms with Crippen molar-refractivity contribution < 1.29 is 32.1 Å². The number of hydrogen-bond acceptors (Lipinski definition) is 7. The minimum atomic E-state index is -4.12. The van der Waals surface area contributed by atoms with Gasteiger partial charge >= 0.3 is 0 Å². The van der Waals surface area contributed by atoms with Crippen molar-refractivity contribution in [1.29, 1.82) is 0 Å². The minimum Gasteiger partial charge on any atom is -0.374 e. The molecule has 0 saturated carbocycles. The molecule has 2 heterocycles. The molecule has 6 aromatic carbocycles. The van der Waals surface area contributed by atoms with Crippen LogP contribution in [0.25, 0.3) is 10.9 Å². The highest BCUT2D eigenvalue weighted by molar-refractivity contribution is 7.90. The normalized spacial score (nSPS) is 19.8. The highest BCUT2D eigenvalue weighted by Crippen LogP contribution is 2.41. The van der Waals surface area contributed by atoms with Gasteiger partial charge in [0.2, 0.25) is 0 Å². The average Bonchev–Trinajstić information content (AvgIpc) is 3.67. The van der Waals surface area contributed by atoms with Gasteiger partial charge in [-0.3, -0.25) is 0 Å². The van der Waals surface area contributed by atoms with Crippen molar-refractivity contribution in [3.05, 3.63) is 210 Å². The van der Waals surface area contributed by atoms with Crippen LogP contribution in [0.1, 0.15) is 34.1 Å². The summed E-state index contributed by atoms with van der Waals surface area (Å²) < 4.78 is 65.2. The van der Waals surface area contributed by atoms with Crippen molar-refractivity contribution in [3.8, 4) is 0 Å². The summed E-state index contributed by atoms with van der Waals surface area (Å²) in [6.45, 7) is 1.27. The van der Waals surface area contributed by atoms with Gasteiger partial charge in [0.25, 0.3) is 10.0 Å². The molecule has 1 aliphatic rings. The van der Waals surface area contributed by atoms with Crippen molar-refractivity contribution in [2.75, 3.05) is 6.61 Å². The van der Waals surface area contributed by atoms with Crippen LogP contribution >= 0.6 is 0 Å². The van der Waals surface area contributed by atoms with Gasteiger partial charge < -0.3 is 23.7 Å². The van der Waals surface area contributed by atoms with Crippen LogP contribution in [0, 0.1) is 0 Å². The third kappa shape index (κ3) is 9.10. The zero-order valence-corrected chi connectivity index (χ0v) is 32.3. The second kappa shape index (κ2) is 18.3. The Labute approximate surface area is 334 Å². The van der Waals surface area contributed by atoms with Crippen LogP contribution in [0.4, 0.5) is 0 Å². The van der Waals surface area contributed by atoms with Crippen LogP contribution in [0.3, 0.4) is 0 Å². The van der Waals surface area contributed by atoms with Gasteiger partial charge in [-0.15, -0.1) is 0 Å². The lowest BCUT2D eigenvalue weighted by atomic mass is 9.92. The number of nitrogens with zero attached hydrogens (tertiary/aromatic N) is 1. The average molecular weight is 780 g/mol. The standard InChI is InChI=1S/C48H45NO7S/c50-57(51,41-27-14-5-15-28-41)49-42-29-17-16-26-40(42)30-43(49)45-47(54-33-38-22-10-3-11-23-38)48(55-34-39-24-12-4-13-25-39)46(53-32-37-20-8-2-9-21-37)44(56-45)35-52-31-36-18-6-1-7-19-36/h1-30,44-48H,31-35H2/t44-,45+,46-,47+,48+/m1/s1. The van der Waals surface area contributed by atoms with E-state index in [9.17, 15) is 8.42 Å². The van der Waals surface area contributed by atoms with Crippen LogP contribution in [0.2, 0.25) is 0 Å². The summed E-state index contributed by atoms with van der Waals surface area (Å²) in [5.41, 5.74) is 4.87. The third-order valence-electron chi connectivity index (χ3n) is 10.1. The smallest absolute Gasteiger partial charge is 0.268 e. The summed E-state index contributed by atoms with van der Waals surface area (Å²) in [7, 11) is -4.12. The van der Waals surface area contributed by atoms with Gasteiger partial charge in [0.15, 0.2) is 0 Å². The molecule has 8 nitrogen and oxygen atoms in total. The summed E-state index contributed by atoms with van der Waals surface area (Å²) in [6, 6.07) is 57.6. The van der Waals surface area contributed by atoms with E-state index in [2.05, 4.69) is 0 Å². The molecule has 7 aromatic rings. The van der Waals surface area contributed by atoms with E-state index in [0.717, 1.165) is 27.6 Å². The summed E-state index contributed by atoms with van der Waals surface area (Å²) in [5, 5.41) is 0.749. The van der Waals surface area contributed by atoms with E-state index in [1.54, 1.807) is 30.3 Å². The van der Waals surface area contributed by atoms with E-state index >= 15 is 0 Å². The Hall–Kier alpha value is -5.39. The second-order valence-electron chi connectivity index (χ2n) is 14.1. The fraction of sp³-hybridized carbons (Fsp3) is 0.208. The maximum absolute atomic E-state index is 14.8. The Morgan fingerprint density at radius 2 is 0.930 bits per heavy atom. The highest BCUT2D eigenvalue weighted by atomic mass is 32.2. The van der Waals surface area contributed by atoms with E-state index in [1.807, 2.05) is 152 Å². The maximum atomic E-state index is 14.8. The lowest BCUT2D eigenvalue weighted by Gasteiger charge is -2.46. The molecule has 1 fully saturated rings. The first kappa shape index (κ1) is 38.5. The molecule has 0 amide bonds. The predicted molar refractivity (Wildman–Crippen MR) is 220 cm³/mol. The Kier molecular flexibility index (Phi) is 12.3. The first-order valence-corrected chi connectivity index (χ1v) is 20.6. The van der Waals surface area contributed by atoms with Gasteiger partial charge in [-0.2, -0.15) is 0 Å². The van der Waals surface area contributed by atoms with Crippen LogP contribution in [-0.2, 0) is 60.1 Å². The summed E-state index contributed by atoms with van der Waals surface area (Å²) in [5.74, 6) is 0. The molecular formula is C48H45NO7S. The van der Waals surface area contributed by atoms with E-state index in [1.165, 1.54) is 3.97 Å². The largest absolute Gasteiger partial charge is 0.374 e. The molecule has 9 heteroatoms. The monoisotopic (exact) mass is 779 g/mol. The van der Waals surface area contributed by atoms with Crippen LogP contribution in [0.5, 0.6) is 0 Å². The highest BCUT2D eigenvalue weighted by Gasteiger charge is 2.50. The quantitative estimate of drug-likeness (QED) is 0.0967. The number of aromatic nitrogens is 1. The molecule has 0 N–H and O–H groups in total. The van der Waals surface area contributed by atoms with Gasteiger partial charge in [0.05, 0.1) is 49.1 Å². The molecule has 1 aromatic heterocycles. The van der Waals surface area contributed by atoms with Crippen molar-refractivity contribution >= 4 is 20.9 Å². The van der Waals surface area contributed by atoms with Crippen LogP contribution in [-0.4, -0.2) is 43.4 Å². The lowest BCUT2D eigenvalue weighted by molar-refractivity contribution is -0.275. The Morgan fingerprint density at radius 1 is 0.491 bits per heavy atom. The van der Waals surface area contributed by atoms with E-state index in [-0.39, 0.29) is 31.3 Å². The fourth-order valence-corrected chi connectivity index (χ4v) is 8.91. The minimum absolute atomic E-state index is 0.146. The van der Waals surface area contributed by atoms with E-state index < -0.39 is 40.5 Å². The van der Waals surface area contributed by atoms with Gasteiger partial charge in [-0.25, -0.2) is 12.4 Å². The molecule has 0 unspecified atom stereocenters. The van der Waals surface area contributed by atoms with Crippen molar-refractivity contribution in [1.82, 2.24) is 3.97 Å². The lowest BCUT2D eigenvalue weighted by Crippen LogP contribution is -2.58. The molecule has 290 valence electrons. The van der Waals surface area contributed by atoms with Crippen LogP contribution < -0.4 is 0 Å². The molecule has 0 spiro atoms. The molecule has 0 bridgehead atoms. The number of rotatable bonds is 16. The molecule has 0 aliphatic carbocycles. The zero-order valence-electron chi connectivity index (χ0n) is 31.5. The SMILES string of the molecule is O=S(=O)(c1ccccc1)n1c([C@@H]2O[C@H](COCc3ccccc3)[C@@H](OCc3ccccc3)[C@H](OCc3ccccc3)[C@H]2OCc2ccccc2)cc2ccccc21. The summed E-state index contributed by atoms with van der Waals surface area (Å²) in [4.78, 5) is 0.161. The first-order valence-electron chi connectivity index (χ1n) is 19.2. The summed E-state index contributed by atoms with van der Waals surface area (Å²) in [6.07, 6.45) is -3.85. The molecular weight excluding hydrogens is 735 g/mol. The molecule has 1 saturated heterocycles. The summed E-state index contributed by atoms with van der Waals surface area (Å²) >= 11 is 0. The topological polar surface area (TPSA) is 85.2 Å². The fourth-order valence-electron chi connectivity index (χ4n) is 7.34. The van der Waals surface area contributed by atoms with Gasteiger partial charge in [0.1, 0.15) is 30.5 Å². The number of para-hydroxylation sites is 1. The van der Waals surface area contributed by atoms with Gasteiger partial charge in [-0.05, 0) is 46.5 Å². The number of benzene rings is 6. The Balaban J connectivity index is 1.25. The van der Waals surface area contributed by atoms with Crippen LogP contribution in [0.15, 0.2) is 187 Å². The second-order valence-corrected chi connectivity index (χ2v) is 15.9. The van der Waals surface area contributed by atoms with Gasteiger partial charge in [-0.1, -0.05) is 158 Å². The maximum Gasteiger partial charge on any atom is 0.268 e. The Morgan fingerprint density at radius 3 is 1.47 bits per heavy atom. The van der Waals surface area contributed by atoms with Crippen molar-refractivity contribution in [2.45, 2.75) is 61.8 Å². The Bertz CT molecular complexity index is 2410. The number of ether oxygens (including phenoxy) is 5. The zero-order chi connectivity index (χ0) is 38.9. The molecule has 8 rings (SSSR count). The first-order chi connectivity index (χ1) is 28.0. The number of hydrogen-bond donors (Lipinski definition) is 0. The molecule has 57 heavy (non-hydrogen) atoms. The van der Waals surface area contributed by atoms with Gasteiger partial charge in [0, 0.05) is 5.39 Å². The predicted octanol–water partition coefficient (Wildman–Crippen LogP) is 9.29. The molecule has 0 radical (unpaired) electrons.